The van der Waals surface area contributed by atoms with Gasteiger partial charge >= 0.3 is 0 Å². The molecule has 6 rings (SSSR count). The second kappa shape index (κ2) is 5.91. The van der Waals surface area contributed by atoms with E-state index in [0.717, 1.165) is 16.7 Å². The fourth-order valence-electron chi connectivity index (χ4n) is 4.17. The summed E-state index contributed by atoms with van der Waals surface area (Å²) in [5.74, 6) is 0. The molecular formula is C25H19NOS2. The van der Waals surface area contributed by atoms with E-state index in [4.69, 9.17) is 9.40 Å². The van der Waals surface area contributed by atoms with Gasteiger partial charge in [0.2, 0.25) is 0 Å². The van der Waals surface area contributed by atoms with Crippen molar-refractivity contribution in [1.29, 1.82) is 0 Å². The van der Waals surface area contributed by atoms with Crippen LogP contribution in [0.15, 0.2) is 64.7 Å². The highest BCUT2D eigenvalue weighted by atomic mass is 32.1. The highest BCUT2D eigenvalue weighted by Crippen LogP contribution is 2.43. The van der Waals surface area contributed by atoms with Crippen LogP contribution in [0.4, 0.5) is 0 Å². The van der Waals surface area contributed by atoms with Crippen LogP contribution in [0.2, 0.25) is 0 Å². The lowest BCUT2D eigenvalue weighted by atomic mass is 9.85. The topological polar surface area (TPSA) is 26.0 Å². The number of thiophene rings is 2. The van der Waals surface area contributed by atoms with Crippen LogP contribution in [0, 0.1) is 0 Å². The van der Waals surface area contributed by atoms with Gasteiger partial charge in [-0.1, -0.05) is 20.8 Å². The molecule has 2 nitrogen and oxygen atoms in total. The standard InChI is InChI=1S/C25H19NOS2/c1-25(2,3)18-12-16(10-15-6-9-28-24(15)18)23-22-17-11-14-5-8-27-19(14)13-21(17)29-20(22)4-7-26-23/h4-13H,1-3H3. The van der Waals surface area contributed by atoms with E-state index < -0.39 is 0 Å². The maximum Gasteiger partial charge on any atom is 0.135 e. The molecule has 0 radical (unpaired) electrons. The van der Waals surface area contributed by atoms with Crippen LogP contribution in [0.1, 0.15) is 26.3 Å². The largest absolute Gasteiger partial charge is 0.464 e. The maximum atomic E-state index is 5.62. The van der Waals surface area contributed by atoms with Crippen molar-refractivity contribution in [2.75, 3.05) is 0 Å². The Morgan fingerprint density at radius 3 is 2.69 bits per heavy atom. The van der Waals surface area contributed by atoms with Crippen molar-refractivity contribution in [2.45, 2.75) is 26.2 Å². The van der Waals surface area contributed by atoms with Gasteiger partial charge in [0.25, 0.3) is 0 Å². The third kappa shape index (κ3) is 2.56. The van der Waals surface area contributed by atoms with Crippen LogP contribution < -0.4 is 0 Å². The number of benzene rings is 2. The summed E-state index contributed by atoms with van der Waals surface area (Å²) in [4.78, 5) is 4.87. The first-order chi connectivity index (χ1) is 14.0. The molecule has 0 saturated heterocycles. The van der Waals surface area contributed by atoms with Crippen molar-refractivity contribution in [3.63, 3.8) is 0 Å². The molecule has 0 saturated carbocycles. The van der Waals surface area contributed by atoms with E-state index in [9.17, 15) is 0 Å². The highest BCUT2D eigenvalue weighted by Gasteiger charge is 2.21. The van der Waals surface area contributed by atoms with E-state index in [2.05, 4.69) is 62.5 Å². The Morgan fingerprint density at radius 2 is 1.83 bits per heavy atom. The zero-order valence-electron chi connectivity index (χ0n) is 16.4. The molecule has 0 amide bonds. The predicted molar refractivity (Wildman–Crippen MR) is 126 cm³/mol. The summed E-state index contributed by atoms with van der Waals surface area (Å²) in [6.07, 6.45) is 3.70. The minimum absolute atomic E-state index is 0.0761. The molecule has 142 valence electrons. The summed E-state index contributed by atoms with van der Waals surface area (Å²) in [7, 11) is 0. The Kier molecular flexibility index (Phi) is 3.50. The minimum Gasteiger partial charge on any atom is -0.464 e. The smallest absolute Gasteiger partial charge is 0.135 e. The van der Waals surface area contributed by atoms with E-state index in [1.165, 1.54) is 41.4 Å². The number of rotatable bonds is 1. The third-order valence-electron chi connectivity index (χ3n) is 5.59. The summed E-state index contributed by atoms with van der Waals surface area (Å²) in [5, 5.41) is 7.12. The van der Waals surface area contributed by atoms with Crippen molar-refractivity contribution in [3.8, 4) is 11.3 Å². The zero-order valence-corrected chi connectivity index (χ0v) is 18.1. The van der Waals surface area contributed by atoms with Gasteiger partial charge in [0, 0.05) is 42.0 Å². The highest BCUT2D eigenvalue weighted by molar-refractivity contribution is 7.26. The fourth-order valence-corrected chi connectivity index (χ4v) is 6.39. The Balaban J connectivity index is 1.72. The zero-order chi connectivity index (χ0) is 19.8. The second-order valence-corrected chi connectivity index (χ2v) is 10.6. The number of fused-ring (bicyclic) bond motifs is 5. The number of aromatic nitrogens is 1. The van der Waals surface area contributed by atoms with Gasteiger partial charge in [-0.25, -0.2) is 0 Å². The Morgan fingerprint density at radius 1 is 0.931 bits per heavy atom. The Hall–Kier alpha value is -2.69. The average Bonchev–Trinajstić information content (AvgIpc) is 3.41. The van der Waals surface area contributed by atoms with E-state index in [-0.39, 0.29) is 5.41 Å². The summed E-state index contributed by atoms with van der Waals surface area (Å²) in [6, 6.07) is 15.4. The minimum atomic E-state index is 0.0761. The van der Waals surface area contributed by atoms with E-state index in [0.29, 0.717) is 0 Å². The van der Waals surface area contributed by atoms with Crippen molar-refractivity contribution in [3.05, 3.63) is 65.9 Å². The number of furan rings is 1. The fraction of sp³-hybridized carbons (Fsp3) is 0.160. The first-order valence-corrected chi connectivity index (χ1v) is 11.4. The summed E-state index contributed by atoms with van der Waals surface area (Å²) in [5.41, 5.74) is 4.66. The van der Waals surface area contributed by atoms with Crippen LogP contribution in [0.3, 0.4) is 0 Å². The monoisotopic (exact) mass is 413 g/mol. The molecule has 0 atom stereocenters. The molecule has 0 spiro atoms. The van der Waals surface area contributed by atoms with E-state index in [1.54, 1.807) is 17.6 Å². The Bertz CT molecular complexity index is 1540. The molecule has 0 fully saturated rings. The molecule has 6 aromatic rings. The van der Waals surface area contributed by atoms with Gasteiger partial charge in [0.05, 0.1) is 12.0 Å². The van der Waals surface area contributed by atoms with Crippen molar-refractivity contribution in [2.24, 2.45) is 0 Å². The molecule has 4 heterocycles. The van der Waals surface area contributed by atoms with Crippen LogP contribution in [0.25, 0.3) is 52.5 Å². The van der Waals surface area contributed by atoms with E-state index >= 15 is 0 Å². The quantitative estimate of drug-likeness (QED) is 0.270. The van der Waals surface area contributed by atoms with Gasteiger partial charge in [-0.05, 0) is 64.2 Å². The van der Waals surface area contributed by atoms with Crippen LogP contribution in [0.5, 0.6) is 0 Å². The molecule has 0 unspecified atom stereocenters. The number of pyridine rings is 1. The van der Waals surface area contributed by atoms with Gasteiger partial charge in [0.15, 0.2) is 0 Å². The van der Waals surface area contributed by atoms with Gasteiger partial charge in [0.1, 0.15) is 5.58 Å². The normalized spacial score (nSPS) is 12.7. The molecule has 0 aliphatic heterocycles. The lowest BCUT2D eigenvalue weighted by Crippen LogP contribution is -2.11. The summed E-state index contributed by atoms with van der Waals surface area (Å²) >= 11 is 3.63. The maximum absolute atomic E-state index is 5.62. The predicted octanol–water partition coefficient (Wildman–Crippen LogP) is 8.37. The Labute approximate surface area is 176 Å². The first kappa shape index (κ1) is 17.2. The lowest BCUT2D eigenvalue weighted by molar-refractivity contribution is 0.597. The number of hydrogen-bond acceptors (Lipinski definition) is 4. The SMILES string of the molecule is CC(C)(C)c1cc(-c2nccc3sc4cc5occc5cc4c23)cc2ccsc12. The molecular weight excluding hydrogens is 394 g/mol. The lowest BCUT2D eigenvalue weighted by Gasteiger charge is -2.21. The van der Waals surface area contributed by atoms with Crippen LogP contribution >= 0.6 is 22.7 Å². The second-order valence-electron chi connectivity index (χ2n) is 8.55. The number of nitrogens with zero attached hydrogens (tertiary/aromatic N) is 1. The molecule has 29 heavy (non-hydrogen) atoms. The van der Waals surface area contributed by atoms with Gasteiger partial charge in [-0.3, -0.25) is 4.98 Å². The van der Waals surface area contributed by atoms with Gasteiger partial charge < -0.3 is 4.42 Å². The van der Waals surface area contributed by atoms with Crippen LogP contribution in [-0.2, 0) is 5.41 Å². The van der Waals surface area contributed by atoms with Crippen LogP contribution in [-0.4, -0.2) is 4.98 Å². The molecule has 0 bridgehead atoms. The summed E-state index contributed by atoms with van der Waals surface area (Å²) < 4.78 is 9.50. The van der Waals surface area contributed by atoms with Gasteiger partial charge in [-0.2, -0.15) is 0 Å². The average molecular weight is 414 g/mol. The van der Waals surface area contributed by atoms with E-state index in [1.807, 2.05) is 23.6 Å². The molecule has 0 N–H and O–H groups in total. The first-order valence-electron chi connectivity index (χ1n) is 9.70. The van der Waals surface area contributed by atoms with Crippen molar-refractivity contribution in [1.82, 2.24) is 4.98 Å². The molecule has 2 aromatic carbocycles. The molecule has 4 heteroatoms. The van der Waals surface area contributed by atoms with Crippen molar-refractivity contribution >= 4 is 63.9 Å². The number of hydrogen-bond donors (Lipinski definition) is 0. The van der Waals surface area contributed by atoms with Crippen molar-refractivity contribution < 1.29 is 4.42 Å². The third-order valence-corrected chi connectivity index (χ3v) is 7.67. The molecule has 0 aliphatic rings. The summed E-state index contributed by atoms with van der Waals surface area (Å²) in [6.45, 7) is 6.86. The van der Waals surface area contributed by atoms with Gasteiger partial charge in [-0.15, -0.1) is 22.7 Å². The molecule has 0 aliphatic carbocycles. The molecule has 4 aromatic heterocycles.